The summed E-state index contributed by atoms with van der Waals surface area (Å²) in [4.78, 5) is 0. The standard InChI is InChI=1S/C10H19N/c1-4-7-9-11-10(6-3)8-5-2/h10-11H,5-6,8-9H2,1-3H3. The van der Waals surface area contributed by atoms with Crippen LogP contribution in [0.1, 0.15) is 40.0 Å². The minimum atomic E-state index is 0.667. The SMILES string of the molecule is CC#CCNC(CC)CCC. The first-order valence-electron chi connectivity index (χ1n) is 4.48. The van der Waals surface area contributed by atoms with Gasteiger partial charge in [-0.15, -0.1) is 5.92 Å². The fourth-order valence-corrected chi connectivity index (χ4v) is 1.08. The third-order valence-electron chi connectivity index (χ3n) is 1.79. The van der Waals surface area contributed by atoms with Crippen LogP contribution in [0.3, 0.4) is 0 Å². The second-order valence-electron chi connectivity index (χ2n) is 2.70. The molecule has 0 bridgehead atoms. The minimum Gasteiger partial charge on any atom is -0.303 e. The molecule has 0 saturated heterocycles. The Morgan fingerprint density at radius 2 is 2.09 bits per heavy atom. The summed E-state index contributed by atoms with van der Waals surface area (Å²) >= 11 is 0. The molecule has 0 heterocycles. The first kappa shape index (κ1) is 10.5. The molecule has 0 amide bonds. The molecule has 0 aliphatic carbocycles. The van der Waals surface area contributed by atoms with Crippen LogP contribution in [0.25, 0.3) is 0 Å². The molecule has 0 aliphatic heterocycles. The van der Waals surface area contributed by atoms with Gasteiger partial charge in [-0.05, 0) is 19.8 Å². The van der Waals surface area contributed by atoms with Gasteiger partial charge >= 0.3 is 0 Å². The lowest BCUT2D eigenvalue weighted by Crippen LogP contribution is -2.28. The molecule has 0 aromatic rings. The molecule has 1 N–H and O–H groups in total. The van der Waals surface area contributed by atoms with Gasteiger partial charge in [0.05, 0.1) is 6.54 Å². The Labute approximate surface area is 70.6 Å². The second-order valence-corrected chi connectivity index (χ2v) is 2.70. The molecule has 1 nitrogen and oxygen atoms in total. The molecule has 0 fully saturated rings. The largest absolute Gasteiger partial charge is 0.303 e. The zero-order valence-electron chi connectivity index (χ0n) is 7.91. The molecule has 0 saturated carbocycles. The quantitative estimate of drug-likeness (QED) is 0.597. The van der Waals surface area contributed by atoms with Crippen LogP contribution in [0.5, 0.6) is 0 Å². The van der Waals surface area contributed by atoms with E-state index in [9.17, 15) is 0 Å². The van der Waals surface area contributed by atoms with Crippen LogP contribution in [-0.4, -0.2) is 12.6 Å². The van der Waals surface area contributed by atoms with E-state index in [1.807, 2.05) is 6.92 Å². The highest BCUT2D eigenvalue weighted by Crippen LogP contribution is 1.99. The molecule has 0 aromatic heterocycles. The van der Waals surface area contributed by atoms with E-state index in [1.165, 1.54) is 19.3 Å². The van der Waals surface area contributed by atoms with Gasteiger partial charge in [0.25, 0.3) is 0 Å². The molecule has 11 heavy (non-hydrogen) atoms. The summed E-state index contributed by atoms with van der Waals surface area (Å²) in [6.07, 6.45) is 3.73. The van der Waals surface area contributed by atoms with Crippen LogP contribution in [0, 0.1) is 11.8 Å². The van der Waals surface area contributed by atoms with Crippen LogP contribution in [0.4, 0.5) is 0 Å². The van der Waals surface area contributed by atoms with E-state index in [4.69, 9.17) is 0 Å². The van der Waals surface area contributed by atoms with E-state index in [0.29, 0.717) is 6.04 Å². The Morgan fingerprint density at radius 1 is 1.36 bits per heavy atom. The van der Waals surface area contributed by atoms with Crippen molar-refractivity contribution < 1.29 is 0 Å². The van der Waals surface area contributed by atoms with Gasteiger partial charge in [0.2, 0.25) is 0 Å². The fourth-order valence-electron chi connectivity index (χ4n) is 1.08. The topological polar surface area (TPSA) is 12.0 Å². The van der Waals surface area contributed by atoms with Crippen molar-refractivity contribution in [3.05, 3.63) is 0 Å². The van der Waals surface area contributed by atoms with Crippen LogP contribution in [0.15, 0.2) is 0 Å². The van der Waals surface area contributed by atoms with Crippen molar-refractivity contribution in [3.63, 3.8) is 0 Å². The van der Waals surface area contributed by atoms with E-state index in [1.54, 1.807) is 0 Å². The zero-order valence-corrected chi connectivity index (χ0v) is 7.91. The lowest BCUT2D eigenvalue weighted by atomic mass is 10.1. The third kappa shape index (κ3) is 5.94. The summed E-state index contributed by atoms with van der Waals surface area (Å²) in [6.45, 7) is 7.15. The van der Waals surface area contributed by atoms with Crippen molar-refractivity contribution in [2.24, 2.45) is 0 Å². The first-order valence-corrected chi connectivity index (χ1v) is 4.48. The first-order chi connectivity index (χ1) is 5.35. The molecule has 1 heteroatoms. The molecule has 0 aromatic carbocycles. The van der Waals surface area contributed by atoms with E-state index < -0.39 is 0 Å². The normalized spacial score (nSPS) is 11.9. The fraction of sp³-hybridized carbons (Fsp3) is 0.800. The van der Waals surface area contributed by atoms with E-state index in [2.05, 4.69) is 31.0 Å². The number of nitrogens with one attached hydrogen (secondary N) is 1. The highest BCUT2D eigenvalue weighted by molar-refractivity contribution is 4.97. The summed E-state index contributed by atoms with van der Waals surface area (Å²) in [6, 6.07) is 0.667. The second kappa shape index (κ2) is 7.63. The van der Waals surface area contributed by atoms with Crippen molar-refractivity contribution in [1.82, 2.24) is 5.32 Å². The Morgan fingerprint density at radius 3 is 2.55 bits per heavy atom. The molecule has 0 rings (SSSR count). The summed E-state index contributed by atoms with van der Waals surface area (Å²) < 4.78 is 0. The van der Waals surface area contributed by atoms with Gasteiger partial charge in [-0.3, -0.25) is 0 Å². The summed E-state index contributed by atoms with van der Waals surface area (Å²) in [5.41, 5.74) is 0. The number of rotatable bonds is 5. The molecule has 1 unspecified atom stereocenters. The van der Waals surface area contributed by atoms with Crippen molar-refractivity contribution >= 4 is 0 Å². The number of hydrogen-bond donors (Lipinski definition) is 1. The molecule has 0 spiro atoms. The Bertz CT molecular complexity index is 130. The van der Waals surface area contributed by atoms with Crippen LogP contribution < -0.4 is 5.32 Å². The van der Waals surface area contributed by atoms with Crippen molar-refractivity contribution in [2.45, 2.75) is 46.1 Å². The average Bonchev–Trinajstić information content (AvgIpc) is 2.03. The molecular weight excluding hydrogens is 134 g/mol. The van der Waals surface area contributed by atoms with Gasteiger partial charge in [0.1, 0.15) is 0 Å². The molecular formula is C10H19N. The van der Waals surface area contributed by atoms with E-state index >= 15 is 0 Å². The Balaban J connectivity index is 3.40. The predicted octanol–water partition coefficient (Wildman–Crippen LogP) is 2.18. The highest BCUT2D eigenvalue weighted by Gasteiger charge is 2.00. The lowest BCUT2D eigenvalue weighted by molar-refractivity contribution is 0.488. The maximum Gasteiger partial charge on any atom is 0.0578 e. The van der Waals surface area contributed by atoms with Gasteiger partial charge in [-0.2, -0.15) is 0 Å². The number of hydrogen-bond acceptors (Lipinski definition) is 1. The van der Waals surface area contributed by atoms with Crippen LogP contribution in [-0.2, 0) is 0 Å². The Kier molecular flexibility index (Phi) is 7.29. The summed E-state index contributed by atoms with van der Waals surface area (Å²) in [5.74, 6) is 5.89. The maximum absolute atomic E-state index is 3.40. The van der Waals surface area contributed by atoms with Crippen molar-refractivity contribution in [1.29, 1.82) is 0 Å². The monoisotopic (exact) mass is 153 g/mol. The van der Waals surface area contributed by atoms with Gasteiger partial charge in [-0.25, -0.2) is 0 Å². The smallest absolute Gasteiger partial charge is 0.0578 e. The van der Waals surface area contributed by atoms with Crippen LogP contribution in [0.2, 0.25) is 0 Å². The Hall–Kier alpha value is -0.480. The van der Waals surface area contributed by atoms with Gasteiger partial charge < -0.3 is 5.32 Å². The highest BCUT2D eigenvalue weighted by atomic mass is 14.9. The van der Waals surface area contributed by atoms with E-state index in [0.717, 1.165) is 6.54 Å². The van der Waals surface area contributed by atoms with Crippen molar-refractivity contribution in [3.8, 4) is 11.8 Å². The van der Waals surface area contributed by atoms with Crippen LogP contribution >= 0.6 is 0 Å². The van der Waals surface area contributed by atoms with Crippen molar-refractivity contribution in [2.75, 3.05) is 6.54 Å². The molecule has 1 atom stereocenters. The summed E-state index contributed by atoms with van der Waals surface area (Å²) in [7, 11) is 0. The maximum atomic E-state index is 3.40. The third-order valence-corrected chi connectivity index (χ3v) is 1.79. The summed E-state index contributed by atoms with van der Waals surface area (Å²) in [5, 5.41) is 3.40. The van der Waals surface area contributed by atoms with Gasteiger partial charge in [0.15, 0.2) is 0 Å². The zero-order chi connectivity index (χ0) is 8.53. The molecule has 0 radical (unpaired) electrons. The minimum absolute atomic E-state index is 0.667. The van der Waals surface area contributed by atoms with E-state index in [-0.39, 0.29) is 0 Å². The molecule has 64 valence electrons. The van der Waals surface area contributed by atoms with Gasteiger partial charge in [-0.1, -0.05) is 26.2 Å². The lowest BCUT2D eigenvalue weighted by Gasteiger charge is -2.13. The molecule has 0 aliphatic rings. The predicted molar refractivity (Wildman–Crippen MR) is 50.4 cm³/mol. The van der Waals surface area contributed by atoms with Gasteiger partial charge in [0, 0.05) is 6.04 Å². The average molecular weight is 153 g/mol.